The Balaban J connectivity index is 1.14. The van der Waals surface area contributed by atoms with Gasteiger partial charge in [0.05, 0.1) is 6.54 Å². The quantitative estimate of drug-likeness (QED) is 0.851. The van der Waals surface area contributed by atoms with Crippen LogP contribution in [0.2, 0.25) is 5.02 Å². The van der Waals surface area contributed by atoms with Crippen LogP contribution in [0.25, 0.3) is 0 Å². The van der Waals surface area contributed by atoms with E-state index in [4.69, 9.17) is 11.6 Å². The molecule has 1 amide bonds. The predicted molar refractivity (Wildman–Crippen MR) is 109 cm³/mol. The van der Waals surface area contributed by atoms with Crippen molar-refractivity contribution in [1.29, 1.82) is 0 Å². The zero-order valence-electron chi connectivity index (χ0n) is 16.0. The number of nitrogens with one attached hydrogen (secondary N) is 1. The first-order valence-corrected chi connectivity index (χ1v) is 11.0. The zero-order valence-corrected chi connectivity index (χ0v) is 16.8. The van der Waals surface area contributed by atoms with Gasteiger partial charge in [-0.3, -0.25) is 14.6 Å². The van der Waals surface area contributed by atoms with Crippen molar-refractivity contribution in [2.75, 3.05) is 38.0 Å². The molecule has 0 aromatic heterocycles. The second-order valence-corrected chi connectivity index (χ2v) is 9.90. The first-order chi connectivity index (χ1) is 13.1. The Bertz CT molecular complexity index is 661. The number of hydrogen-bond donors (Lipinski definition) is 1. The van der Waals surface area contributed by atoms with Crippen molar-refractivity contribution in [3.05, 3.63) is 29.3 Å². The van der Waals surface area contributed by atoms with E-state index < -0.39 is 0 Å². The van der Waals surface area contributed by atoms with Gasteiger partial charge in [-0.2, -0.15) is 0 Å². The molecular formula is C22H30ClN3O. The number of nitrogens with zero attached hydrogens (tertiary/aromatic N) is 2. The molecule has 27 heavy (non-hydrogen) atoms. The maximum Gasteiger partial charge on any atom is 0.238 e. The van der Waals surface area contributed by atoms with Crippen molar-refractivity contribution in [2.24, 2.45) is 17.8 Å². The Morgan fingerprint density at radius 1 is 0.963 bits per heavy atom. The highest BCUT2D eigenvalue weighted by Gasteiger charge is 2.53. The summed E-state index contributed by atoms with van der Waals surface area (Å²) in [6.07, 6.45) is 8.83. The van der Waals surface area contributed by atoms with E-state index in [0.717, 1.165) is 49.6 Å². The van der Waals surface area contributed by atoms with Gasteiger partial charge in [0.2, 0.25) is 5.91 Å². The molecular weight excluding hydrogens is 358 g/mol. The zero-order chi connectivity index (χ0) is 18.4. The van der Waals surface area contributed by atoms with Gasteiger partial charge in [-0.1, -0.05) is 11.6 Å². The molecule has 1 saturated heterocycles. The largest absolute Gasteiger partial charge is 0.325 e. The van der Waals surface area contributed by atoms with Gasteiger partial charge in [-0.25, -0.2) is 0 Å². The average Bonchev–Trinajstić information content (AvgIpc) is 2.63. The van der Waals surface area contributed by atoms with E-state index in [2.05, 4.69) is 15.1 Å². The van der Waals surface area contributed by atoms with Gasteiger partial charge in [-0.05, 0) is 80.5 Å². The molecule has 4 aliphatic carbocycles. The summed E-state index contributed by atoms with van der Waals surface area (Å²) in [5.74, 6) is 3.07. The van der Waals surface area contributed by atoms with Crippen LogP contribution in [-0.2, 0) is 4.79 Å². The van der Waals surface area contributed by atoms with E-state index in [1.165, 1.54) is 38.5 Å². The van der Waals surface area contributed by atoms with Crippen LogP contribution < -0.4 is 5.32 Å². The maximum atomic E-state index is 12.4. The van der Waals surface area contributed by atoms with E-state index in [0.29, 0.717) is 17.1 Å². The van der Waals surface area contributed by atoms with Crippen LogP contribution in [0.1, 0.15) is 38.5 Å². The molecule has 1 aliphatic heterocycles. The second-order valence-electron chi connectivity index (χ2n) is 9.46. The topological polar surface area (TPSA) is 35.6 Å². The summed E-state index contributed by atoms with van der Waals surface area (Å²) in [6, 6.07) is 7.32. The van der Waals surface area contributed by atoms with Crippen LogP contribution in [-0.4, -0.2) is 54.0 Å². The Hall–Kier alpha value is -1.10. The van der Waals surface area contributed by atoms with E-state index in [1.54, 1.807) is 12.1 Å². The molecule has 5 heteroatoms. The summed E-state index contributed by atoms with van der Waals surface area (Å²) in [5, 5.41) is 3.67. The van der Waals surface area contributed by atoms with Crippen LogP contribution in [0.3, 0.4) is 0 Å². The first kappa shape index (κ1) is 18.0. The number of piperazine rings is 1. The molecule has 4 bridgehead atoms. The normalized spacial score (nSPS) is 36.1. The third-order valence-corrected chi connectivity index (χ3v) is 7.80. The summed E-state index contributed by atoms with van der Waals surface area (Å²) in [4.78, 5) is 17.5. The van der Waals surface area contributed by atoms with Gasteiger partial charge in [0.1, 0.15) is 0 Å². The van der Waals surface area contributed by atoms with Crippen molar-refractivity contribution >= 4 is 23.2 Å². The van der Waals surface area contributed by atoms with Gasteiger partial charge in [-0.15, -0.1) is 0 Å². The SMILES string of the molecule is O=C(CN1CCN(C23CC4CC(CC(C4)C2)C3)CC1)Nc1ccc(Cl)cc1. The smallest absolute Gasteiger partial charge is 0.238 e. The lowest BCUT2D eigenvalue weighted by atomic mass is 9.52. The number of anilines is 1. The fourth-order valence-electron chi connectivity index (χ4n) is 6.77. The van der Waals surface area contributed by atoms with Gasteiger partial charge in [0.25, 0.3) is 0 Å². The van der Waals surface area contributed by atoms with E-state index in [1.807, 2.05) is 12.1 Å². The number of hydrogen-bond acceptors (Lipinski definition) is 3. The summed E-state index contributed by atoms with van der Waals surface area (Å²) in [5.41, 5.74) is 1.32. The van der Waals surface area contributed by atoms with Crippen molar-refractivity contribution in [2.45, 2.75) is 44.1 Å². The minimum Gasteiger partial charge on any atom is -0.325 e. The molecule has 4 saturated carbocycles. The average molecular weight is 388 g/mol. The number of carbonyl (C=O) groups excluding carboxylic acids is 1. The van der Waals surface area contributed by atoms with Gasteiger partial charge >= 0.3 is 0 Å². The monoisotopic (exact) mass is 387 g/mol. The molecule has 1 aromatic carbocycles. The number of carbonyl (C=O) groups is 1. The van der Waals surface area contributed by atoms with Crippen LogP contribution >= 0.6 is 11.6 Å². The highest BCUT2D eigenvalue weighted by Crippen LogP contribution is 2.57. The Morgan fingerprint density at radius 3 is 2.07 bits per heavy atom. The van der Waals surface area contributed by atoms with Crippen LogP contribution in [0, 0.1) is 17.8 Å². The second kappa shape index (κ2) is 7.06. The van der Waals surface area contributed by atoms with Crippen molar-refractivity contribution in [1.82, 2.24) is 9.80 Å². The molecule has 0 spiro atoms. The van der Waals surface area contributed by atoms with Crippen molar-refractivity contribution in [3.8, 4) is 0 Å². The van der Waals surface area contributed by atoms with Gasteiger partial charge in [0, 0.05) is 42.4 Å². The summed E-state index contributed by atoms with van der Waals surface area (Å²) in [7, 11) is 0. The first-order valence-electron chi connectivity index (χ1n) is 10.6. The van der Waals surface area contributed by atoms with E-state index in [-0.39, 0.29) is 5.91 Å². The molecule has 6 rings (SSSR count). The molecule has 5 fully saturated rings. The molecule has 1 aromatic rings. The lowest BCUT2D eigenvalue weighted by Gasteiger charge is -2.61. The molecule has 146 valence electrons. The lowest BCUT2D eigenvalue weighted by Crippen LogP contribution is -2.64. The van der Waals surface area contributed by atoms with Gasteiger partial charge < -0.3 is 5.32 Å². The third-order valence-electron chi connectivity index (χ3n) is 7.54. The number of benzene rings is 1. The number of rotatable bonds is 4. The standard InChI is InChI=1S/C22H30ClN3O/c23-19-1-3-20(4-2-19)24-21(27)15-25-5-7-26(8-6-25)22-12-16-9-17(13-22)11-18(10-16)14-22/h1-4,16-18H,5-15H2,(H,24,27). The summed E-state index contributed by atoms with van der Waals surface area (Å²) in [6.45, 7) is 4.75. The minimum absolute atomic E-state index is 0.0700. The highest BCUT2D eigenvalue weighted by molar-refractivity contribution is 6.30. The van der Waals surface area contributed by atoms with Crippen molar-refractivity contribution < 1.29 is 4.79 Å². The van der Waals surface area contributed by atoms with E-state index >= 15 is 0 Å². The number of amides is 1. The minimum atomic E-state index is 0.0700. The highest BCUT2D eigenvalue weighted by atomic mass is 35.5. The Kier molecular flexibility index (Phi) is 4.69. The molecule has 0 atom stereocenters. The summed E-state index contributed by atoms with van der Waals surface area (Å²) < 4.78 is 0. The van der Waals surface area contributed by atoms with Crippen LogP contribution in [0.4, 0.5) is 5.69 Å². The van der Waals surface area contributed by atoms with Crippen LogP contribution in [0.15, 0.2) is 24.3 Å². The van der Waals surface area contributed by atoms with Crippen molar-refractivity contribution in [3.63, 3.8) is 0 Å². The molecule has 5 aliphatic rings. The molecule has 1 N–H and O–H groups in total. The Morgan fingerprint density at radius 2 is 1.52 bits per heavy atom. The van der Waals surface area contributed by atoms with E-state index in [9.17, 15) is 4.79 Å². The lowest BCUT2D eigenvalue weighted by molar-refractivity contribution is -0.120. The maximum absolute atomic E-state index is 12.4. The molecule has 4 nitrogen and oxygen atoms in total. The van der Waals surface area contributed by atoms with Gasteiger partial charge in [0.15, 0.2) is 0 Å². The van der Waals surface area contributed by atoms with Crippen LogP contribution in [0.5, 0.6) is 0 Å². The third kappa shape index (κ3) is 3.64. The predicted octanol–water partition coefficient (Wildman–Crippen LogP) is 3.86. The number of halogens is 1. The Labute approximate surface area is 167 Å². The molecule has 0 unspecified atom stereocenters. The summed E-state index contributed by atoms with van der Waals surface area (Å²) >= 11 is 5.90. The molecule has 0 radical (unpaired) electrons. The fourth-order valence-corrected chi connectivity index (χ4v) is 6.90. The molecule has 1 heterocycles. The fraction of sp³-hybridized carbons (Fsp3) is 0.682.